The standard InChI is InChI=1S/C25H22/c1-18(2)19-12-14-21(15-13-19)23-17-16-22(20-8-4-3-5-9-20)24-10-6-7-11-25(23)24/h3-18H,1-2H3. The first-order valence-electron chi connectivity index (χ1n) is 8.91. The molecule has 0 radical (unpaired) electrons. The normalized spacial score (nSPS) is 11.2. The molecule has 0 amide bonds. The molecule has 0 unspecified atom stereocenters. The van der Waals surface area contributed by atoms with Crippen LogP contribution in [0.1, 0.15) is 25.3 Å². The molecule has 0 aliphatic rings. The van der Waals surface area contributed by atoms with Crippen molar-refractivity contribution in [3.05, 3.63) is 96.6 Å². The van der Waals surface area contributed by atoms with Crippen molar-refractivity contribution in [2.45, 2.75) is 19.8 Å². The molecule has 0 nitrogen and oxygen atoms in total. The van der Waals surface area contributed by atoms with Crippen LogP contribution in [0.3, 0.4) is 0 Å². The Bertz CT molecular complexity index is 993. The van der Waals surface area contributed by atoms with Crippen molar-refractivity contribution >= 4 is 10.8 Å². The van der Waals surface area contributed by atoms with Crippen molar-refractivity contribution in [2.24, 2.45) is 0 Å². The van der Waals surface area contributed by atoms with E-state index in [1.54, 1.807) is 0 Å². The Morgan fingerprint density at radius 1 is 0.480 bits per heavy atom. The van der Waals surface area contributed by atoms with Gasteiger partial charge in [-0.15, -0.1) is 0 Å². The van der Waals surface area contributed by atoms with E-state index >= 15 is 0 Å². The summed E-state index contributed by atoms with van der Waals surface area (Å²) in [5.74, 6) is 0.561. The third-order valence-corrected chi connectivity index (χ3v) is 4.90. The largest absolute Gasteiger partial charge is 0.0622 e. The van der Waals surface area contributed by atoms with E-state index < -0.39 is 0 Å². The molecule has 0 heteroatoms. The van der Waals surface area contributed by atoms with Crippen LogP contribution in [0.5, 0.6) is 0 Å². The molecule has 0 saturated carbocycles. The molecule has 25 heavy (non-hydrogen) atoms. The Morgan fingerprint density at radius 2 is 0.960 bits per heavy atom. The second-order valence-corrected chi connectivity index (χ2v) is 6.85. The van der Waals surface area contributed by atoms with Crippen molar-refractivity contribution in [2.75, 3.05) is 0 Å². The van der Waals surface area contributed by atoms with Gasteiger partial charge in [0.1, 0.15) is 0 Å². The summed E-state index contributed by atoms with van der Waals surface area (Å²) in [7, 11) is 0. The van der Waals surface area contributed by atoms with E-state index in [2.05, 4.69) is 105 Å². The molecule has 0 spiro atoms. The Labute approximate surface area is 149 Å². The van der Waals surface area contributed by atoms with E-state index in [0.29, 0.717) is 5.92 Å². The second kappa shape index (κ2) is 6.57. The van der Waals surface area contributed by atoms with Crippen LogP contribution in [0.4, 0.5) is 0 Å². The van der Waals surface area contributed by atoms with Crippen LogP contribution in [-0.4, -0.2) is 0 Å². The Kier molecular flexibility index (Phi) is 4.11. The molecule has 0 heterocycles. The number of hydrogen-bond acceptors (Lipinski definition) is 0. The molecule has 0 bridgehead atoms. The summed E-state index contributed by atoms with van der Waals surface area (Å²) in [6.07, 6.45) is 0. The van der Waals surface area contributed by atoms with Gasteiger partial charge in [-0.25, -0.2) is 0 Å². The molecule has 0 saturated heterocycles. The summed E-state index contributed by atoms with van der Waals surface area (Å²) in [6.45, 7) is 4.47. The number of hydrogen-bond donors (Lipinski definition) is 0. The molecular formula is C25H22. The monoisotopic (exact) mass is 322 g/mol. The molecule has 0 N–H and O–H groups in total. The zero-order chi connectivity index (χ0) is 17.2. The summed E-state index contributed by atoms with van der Waals surface area (Å²) >= 11 is 0. The van der Waals surface area contributed by atoms with E-state index in [1.165, 1.54) is 38.6 Å². The lowest BCUT2D eigenvalue weighted by Crippen LogP contribution is -1.88. The van der Waals surface area contributed by atoms with Gasteiger partial charge >= 0.3 is 0 Å². The molecule has 0 aliphatic heterocycles. The number of benzene rings is 4. The first kappa shape index (κ1) is 15.7. The Balaban J connectivity index is 1.89. The highest BCUT2D eigenvalue weighted by atomic mass is 14.1. The quantitative estimate of drug-likeness (QED) is 0.371. The van der Waals surface area contributed by atoms with Crippen LogP contribution < -0.4 is 0 Å². The average molecular weight is 322 g/mol. The van der Waals surface area contributed by atoms with Gasteiger partial charge in [0.15, 0.2) is 0 Å². The van der Waals surface area contributed by atoms with E-state index in [0.717, 1.165) is 0 Å². The van der Waals surface area contributed by atoms with Crippen molar-refractivity contribution < 1.29 is 0 Å². The number of fused-ring (bicyclic) bond motifs is 1. The first-order valence-corrected chi connectivity index (χ1v) is 8.91. The van der Waals surface area contributed by atoms with E-state index in [9.17, 15) is 0 Å². The fourth-order valence-electron chi connectivity index (χ4n) is 3.47. The minimum Gasteiger partial charge on any atom is -0.0622 e. The lowest BCUT2D eigenvalue weighted by Gasteiger charge is -2.13. The molecule has 4 rings (SSSR count). The van der Waals surface area contributed by atoms with Gasteiger partial charge in [0, 0.05) is 0 Å². The van der Waals surface area contributed by atoms with Crippen LogP contribution >= 0.6 is 0 Å². The highest BCUT2D eigenvalue weighted by molar-refractivity contribution is 6.04. The minimum atomic E-state index is 0.561. The van der Waals surface area contributed by atoms with Gasteiger partial charge in [-0.2, -0.15) is 0 Å². The fourth-order valence-corrected chi connectivity index (χ4v) is 3.47. The third-order valence-electron chi connectivity index (χ3n) is 4.90. The van der Waals surface area contributed by atoms with Gasteiger partial charge in [0.05, 0.1) is 0 Å². The summed E-state index contributed by atoms with van der Waals surface area (Å²) in [6, 6.07) is 32.8. The van der Waals surface area contributed by atoms with E-state index in [4.69, 9.17) is 0 Å². The van der Waals surface area contributed by atoms with Gasteiger partial charge in [-0.3, -0.25) is 0 Å². The average Bonchev–Trinajstić information content (AvgIpc) is 2.68. The van der Waals surface area contributed by atoms with E-state index in [-0.39, 0.29) is 0 Å². The summed E-state index contributed by atoms with van der Waals surface area (Å²) < 4.78 is 0. The van der Waals surface area contributed by atoms with Crippen LogP contribution in [0, 0.1) is 0 Å². The molecule has 0 fully saturated rings. The maximum atomic E-state index is 2.26. The molecule has 122 valence electrons. The van der Waals surface area contributed by atoms with Crippen LogP contribution in [0.25, 0.3) is 33.0 Å². The second-order valence-electron chi connectivity index (χ2n) is 6.85. The van der Waals surface area contributed by atoms with Crippen molar-refractivity contribution in [1.82, 2.24) is 0 Å². The first-order chi connectivity index (χ1) is 12.2. The van der Waals surface area contributed by atoms with Crippen molar-refractivity contribution in [3.63, 3.8) is 0 Å². The molecule has 4 aromatic rings. The Hall–Kier alpha value is -2.86. The topological polar surface area (TPSA) is 0 Å². The molecule has 0 aromatic heterocycles. The molecule has 0 atom stereocenters. The van der Waals surface area contributed by atoms with Crippen LogP contribution in [0.15, 0.2) is 91.0 Å². The highest BCUT2D eigenvalue weighted by Gasteiger charge is 2.09. The van der Waals surface area contributed by atoms with Gasteiger partial charge < -0.3 is 0 Å². The number of rotatable bonds is 3. The maximum Gasteiger partial charge on any atom is -0.00992 e. The Morgan fingerprint density at radius 3 is 1.48 bits per heavy atom. The zero-order valence-electron chi connectivity index (χ0n) is 14.7. The SMILES string of the molecule is CC(C)c1ccc(-c2ccc(-c3ccccc3)c3ccccc23)cc1. The van der Waals surface area contributed by atoms with Gasteiger partial charge in [0.25, 0.3) is 0 Å². The molecular weight excluding hydrogens is 300 g/mol. The molecule has 0 aliphatic carbocycles. The van der Waals surface area contributed by atoms with Gasteiger partial charge in [-0.1, -0.05) is 105 Å². The fraction of sp³-hybridized carbons (Fsp3) is 0.120. The van der Waals surface area contributed by atoms with E-state index in [1.807, 2.05) is 0 Å². The maximum absolute atomic E-state index is 2.26. The summed E-state index contributed by atoms with van der Waals surface area (Å²) in [5.41, 5.74) is 6.51. The van der Waals surface area contributed by atoms with Crippen LogP contribution in [-0.2, 0) is 0 Å². The minimum absolute atomic E-state index is 0.561. The molecule has 4 aromatic carbocycles. The van der Waals surface area contributed by atoms with Gasteiger partial charge in [-0.05, 0) is 44.5 Å². The smallest absolute Gasteiger partial charge is 0.00992 e. The summed E-state index contributed by atoms with van der Waals surface area (Å²) in [5, 5.41) is 2.61. The van der Waals surface area contributed by atoms with Crippen LogP contribution in [0.2, 0.25) is 0 Å². The lowest BCUT2D eigenvalue weighted by atomic mass is 9.91. The summed E-state index contributed by atoms with van der Waals surface area (Å²) in [4.78, 5) is 0. The highest BCUT2D eigenvalue weighted by Crippen LogP contribution is 2.35. The van der Waals surface area contributed by atoms with Crippen molar-refractivity contribution in [1.29, 1.82) is 0 Å². The van der Waals surface area contributed by atoms with Gasteiger partial charge in [0.2, 0.25) is 0 Å². The predicted octanol–water partition coefficient (Wildman–Crippen LogP) is 7.30. The van der Waals surface area contributed by atoms with Crippen molar-refractivity contribution in [3.8, 4) is 22.3 Å². The third kappa shape index (κ3) is 2.96. The zero-order valence-corrected chi connectivity index (χ0v) is 14.7. The lowest BCUT2D eigenvalue weighted by molar-refractivity contribution is 0.867. The predicted molar refractivity (Wildman–Crippen MR) is 109 cm³/mol.